The summed E-state index contributed by atoms with van der Waals surface area (Å²) in [6.45, 7) is 9.53. The van der Waals surface area contributed by atoms with Crippen LogP contribution in [0.1, 0.15) is 93.9 Å². The van der Waals surface area contributed by atoms with E-state index in [2.05, 4.69) is 58.2 Å². The SMILES string of the molecule is CC1(C)CCC(C)(C)c2cc(-c3cc4c(cn3)C3CCC4C3)[c-]cc21.[Ir]. The molecule has 26 heavy (non-hydrogen) atoms. The van der Waals surface area contributed by atoms with Crippen LogP contribution in [0.5, 0.6) is 0 Å². The minimum atomic E-state index is 0. The van der Waals surface area contributed by atoms with E-state index >= 15 is 0 Å². The second kappa shape index (κ2) is 6.01. The molecule has 1 heterocycles. The summed E-state index contributed by atoms with van der Waals surface area (Å²) < 4.78 is 0. The van der Waals surface area contributed by atoms with Crippen LogP contribution in [0.3, 0.4) is 0 Å². The van der Waals surface area contributed by atoms with E-state index in [1.165, 1.54) is 54.4 Å². The van der Waals surface area contributed by atoms with E-state index in [4.69, 9.17) is 4.98 Å². The predicted molar refractivity (Wildman–Crippen MR) is 103 cm³/mol. The van der Waals surface area contributed by atoms with Gasteiger partial charge in [-0.05, 0) is 65.2 Å². The molecule has 1 radical (unpaired) electrons. The predicted octanol–water partition coefficient (Wildman–Crippen LogP) is 6.26. The molecule has 0 N–H and O–H groups in total. The van der Waals surface area contributed by atoms with E-state index in [1.807, 2.05) is 0 Å². The zero-order valence-electron chi connectivity index (χ0n) is 16.3. The van der Waals surface area contributed by atoms with Gasteiger partial charge in [-0.25, -0.2) is 0 Å². The Morgan fingerprint density at radius 2 is 1.58 bits per heavy atom. The van der Waals surface area contributed by atoms with Crippen LogP contribution in [-0.2, 0) is 30.9 Å². The van der Waals surface area contributed by atoms with Gasteiger partial charge in [0.05, 0.1) is 0 Å². The van der Waals surface area contributed by atoms with Gasteiger partial charge in [0, 0.05) is 26.3 Å². The fraction of sp³-hybridized carbons (Fsp3) is 0.542. The molecule has 2 atom stereocenters. The maximum atomic E-state index is 4.84. The Morgan fingerprint density at radius 3 is 2.31 bits per heavy atom. The molecule has 0 aliphatic heterocycles. The Morgan fingerprint density at radius 1 is 0.923 bits per heavy atom. The molecule has 2 heteroatoms. The summed E-state index contributed by atoms with van der Waals surface area (Å²) in [4.78, 5) is 4.84. The van der Waals surface area contributed by atoms with Crippen LogP contribution in [0.15, 0.2) is 24.4 Å². The second-order valence-corrected chi connectivity index (χ2v) is 9.85. The van der Waals surface area contributed by atoms with Gasteiger partial charge >= 0.3 is 0 Å². The van der Waals surface area contributed by atoms with Crippen molar-refractivity contribution in [3.05, 3.63) is 52.7 Å². The molecule has 1 saturated carbocycles. The Balaban J connectivity index is 0.00000168. The topological polar surface area (TPSA) is 12.9 Å². The Labute approximate surface area is 171 Å². The Hall–Kier alpha value is -0.981. The third-order valence-corrected chi connectivity index (χ3v) is 7.34. The smallest absolute Gasteiger partial charge is 0.0198 e. The van der Waals surface area contributed by atoms with Crippen LogP contribution in [0.25, 0.3) is 11.3 Å². The number of rotatable bonds is 1. The van der Waals surface area contributed by atoms with Crippen LogP contribution >= 0.6 is 0 Å². The van der Waals surface area contributed by atoms with Gasteiger partial charge in [0.25, 0.3) is 0 Å². The van der Waals surface area contributed by atoms with Gasteiger partial charge in [0.1, 0.15) is 0 Å². The average molecular weight is 523 g/mol. The fourth-order valence-electron chi connectivity index (χ4n) is 5.52. The van der Waals surface area contributed by atoms with Crippen molar-refractivity contribution in [2.45, 2.75) is 82.5 Å². The molecule has 1 aromatic carbocycles. The Kier molecular flexibility index (Phi) is 4.25. The van der Waals surface area contributed by atoms with Gasteiger partial charge in [0.2, 0.25) is 0 Å². The van der Waals surface area contributed by atoms with Gasteiger partial charge in [-0.2, -0.15) is 0 Å². The third-order valence-electron chi connectivity index (χ3n) is 7.34. The molecule has 0 spiro atoms. The molecule has 5 rings (SSSR count). The maximum Gasteiger partial charge on any atom is 0.0198 e. The first-order chi connectivity index (χ1) is 11.9. The van der Waals surface area contributed by atoms with E-state index in [1.54, 1.807) is 5.56 Å². The van der Waals surface area contributed by atoms with Crippen molar-refractivity contribution in [2.75, 3.05) is 0 Å². The molecule has 139 valence electrons. The first kappa shape index (κ1) is 18.4. The summed E-state index contributed by atoms with van der Waals surface area (Å²) in [5.41, 5.74) is 8.87. The zero-order valence-corrected chi connectivity index (χ0v) is 18.7. The normalized spacial score (nSPS) is 26.8. The molecule has 1 aromatic heterocycles. The summed E-state index contributed by atoms with van der Waals surface area (Å²) in [6.07, 6.45) is 8.76. The molecule has 0 amide bonds. The van der Waals surface area contributed by atoms with Crippen LogP contribution in [0.4, 0.5) is 0 Å². The number of pyridine rings is 1. The number of benzene rings is 1. The van der Waals surface area contributed by atoms with Crippen LogP contribution in [-0.4, -0.2) is 4.98 Å². The number of nitrogens with zero attached hydrogens (tertiary/aromatic N) is 1. The van der Waals surface area contributed by atoms with Gasteiger partial charge in [0.15, 0.2) is 0 Å². The molecule has 2 unspecified atom stereocenters. The summed E-state index contributed by atoms with van der Waals surface area (Å²) in [5, 5.41) is 0. The van der Waals surface area contributed by atoms with Gasteiger partial charge in [-0.1, -0.05) is 40.2 Å². The summed E-state index contributed by atoms with van der Waals surface area (Å²) in [6, 6.07) is 10.6. The molecule has 2 aromatic rings. The molecule has 0 saturated heterocycles. The number of aromatic nitrogens is 1. The first-order valence-electron chi connectivity index (χ1n) is 9.92. The summed E-state index contributed by atoms with van der Waals surface area (Å²) >= 11 is 0. The molecule has 2 bridgehead atoms. The van der Waals surface area contributed by atoms with Crippen molar-refractivity contribution in [3.8, 4) is 11.3 Å². The zero-order chi connectivity index (χ0) is 17.4. The first-order valence-corrected chi connectivity index (χ1v) is 9.92. The van der Waals surface area contributed by atoms with Crippen molar-refractivity contribution >= 4 is 0 Å². The minimum absolute atomic E-state index is 0. The molecule has 1 nitrogen and oxygen atoms in total. The summed E-state index contributed by atoms with van der Waals surface area (Å²) in [7, 11) is 0. The number of hydrogen-bond acceptors (Lipinski definition) is 1. The van der Waals surface area contributed by atoms with Crippen molar-refractivity contribution in [2.24, 2.45) is 0 Å². The fourth-order valence-corrected chi connectivity index (χ4v) is 5.52. The Bertz CT molecular complexity index is 865. The molecule has 3 aliphatic rings. The van der Waals surface area contributed by atoms with Gasteiger partial charge in [-0.15, -0.1) is 34.9 Å². The maximum absolute atomic E-state index is 4.84. The number of hydrogen-bond donors (Lipinski definition) is 0. The second-order valence-electron chi connectivity index (χ2n) is 9.85. The van der Waals surface area contributed by atoms with E-state index in [0.29, 0.717) is 0 Å². The molecular formula is C24H28IrN-. The van der Waals surface area contributed by atoms with E-state index in [-0.39, 0.29) is 30.9 Å². The van der Waals surface area contributed by atoms with Gasteiger partial charge < -0.3 is 4.98 Å². The van der Waals surface area contributed by atoms with Crippen molar-refractivity contribution in [3.63, 3.8) is 0 Å². The average Bonchev–Trinajstić information content (AvgIpc) is 3.21. The molecular weight excluding hydrogens is 494 g/mol. The van der Waals surface area contributed by atoms with E-state index < -0.39 is 0 Å². The monoisotopic (exact) mass is 523 g/mol. The standard InChI is InChI=1S/C24H28N.Ir/c1-23(2)9-10-24(3,4)21-12-17(7-8-20(21)23)22-13-18-15-5-6-16(11-15)19(18)14-25-22;/h8,12-16H,5-6,9-11H2,1-4H3;/q-1;. The van der Waals surface area contributed by atoms with Crippen molar-refractivity contribution in [1.82, 2.24) is 4.98 Å². The molecule has 1 fully saturated rings. The number of fused-ring (bicyclic) bond motifs is 6. The van der Waals surface area contributed by atoms with Gasteiger partial charge in [-0.3, -0.25) is 0 Å². The van der Waals surface area contributed by atoms with Crippen LogP contribution in [0.2, 0.25) is 0 Å². The molecule has 3 aliphatic carbocycles. The van der Waals surface area contributed by atoms with E-state index in [9.17, 15) is 0 Å². The van der Waals surface area contributed by atoms with E-state index in [0.717, 1.165) is 17.5 Å². The van der Waals surface area contributed by atoms with Crippen LogP contribution in [0, 0.1) is 6.07 Å². The van der Waals surface area contributed by atoms with Crippen LogP contribution < -0.4 is 0 Å². The quantitative estimate of drug-likeness (QED) is 0.403. The largest absolute Gasteiger partial charge is 0.304 e. The third kappa shape index (κ3) is 2.64. The summed E-state index contributed by atoms with van der Waals surface area (Å²) in [5.74, 6) is 1.57. The van der Waals surface area contributed by atoms with Crippen molar-refractivity contribution in [1.29, 1.82) is 0 Å². The minimum Gasteiger partial charge on any atom is -0.304 e. The van der Waals surface area contributed by atoms with Crippen molar-refractivity contribution < 1.29 is 20.1 Å².